The van der Waals surface area contributed by atoms with Gasteiger partial charge in [-0.05, 0) is 50.6 Å². The fraction of sp³-hybridized carbons (Fsp3) is 1.00. The molecule has 0 radical (unpaired) electrons. The number of nitrogens with one attached hydrogen (secondary N) is 1. The van der Waals surface area contributed by atoms with E-state index in [2.05, 4.69) is 5.32 Å². The standard InChI is InChI=1S/C10H19N.ClH/c1-2-5-10(4-1)6-3-8-11-9-7-10;/h11H,1-9H2;1H. The lowest BCUT2D eigenvalue weighted by atomic mass is 9.79. The van der Waals surface area contributed by atoms with Crippen molar-refractivity contribution >= 4 is 12.4 Å². The van der Waals surface area contributed by atoms with Crippen molar-refractivity contribution in [3.63, 3.8) is 0 Å². The molecule has 2 aliphatic rings. The molecule has 1 heterocycles. The summed E-state index contributed by atoms with van der Waals surface area (Å²) in [5, 5.41) is 3.50. The lowest BCUT2D eigenvalue weighted by Gasteiger charge is -2.26. The molecule has 2 fully saturated rings. The Morgan fingerprint density at radius 2 is 1.42 bits per heavy atom. The van der Waals surface area contributed by atoms with Crippen LogP contribution in [0.15, 0.2) is 0 Å². The van der Waals surface area contributed by atoms with Gasteiger partial charge in [-0.3, -0.25) is 0 Å². The molecule has 0 aromatic heterocycles. The molecule has 1 N–H and O–H groups in total. The number of rotatable bonds is 0. The fourth-order valence-corrected chi connectivity index (χ4v) is 2.82. The van der Waals surface area contributed by atoms with Gasteiger partial charge in [0.2, 0.25) is 0 Å². The molecule has 1 aliphatic heterocycles. The van der Waals surface area contributed by atoms with Gasteiger partial charge in [-0.2, -0.15) is 0 Å². The SMILES string of the molecule is C1CCC2(C1)CCCNCC2.Cl. The van der Waals surface area contributed by atoms with Gasteiger partial charge >= 0.3 is 0 Å². The number of hydrogen-bond donors (Lipinski definition) is 1. The van der Waals surface area contributed by atoms with E-state index in [1.807, 2.05) is 0 Å². The van der Waals surface area contributed by atoms with Crippen LogP contribution >= 0.6 is 12.4 Å². The predicted molar refractivity (Wildman–Crippen MR) is 54.9 cm³/mol. The molecule has 0 bridgehead atoms. The van der Waals surface area contributed by atoms with Crippen LogP contribution in [0.3, 0.4) is 0 Å². The van der Waals surface area contributed by atoms with Crippen molar-refractivity contribution in [2.75, 3.05) is 13.1 Å². The predicted octanol–water partition coefficient (Wildman–Crippen LogP) is 2.74. The highest BCUT2D eigenvalue weighted by Gasteiger charge is 2.33. The molecular formula is C10H20ClN. The molecule has 0 amide bonds. The second-order valence-electron chi connectivity index (χ2n) is 4.31. The van der Waals surface area contributed by atoms with Gasteiger partial charge in [-0.15, -0.1) is 12.4 Å². The zero-order valence-corrected chi connectivity index (χ0v) is 8.59. The van der Waals surface area contributed by atoms with E-state index >= 15 is 0 Å². The van der Waals surface area contributed by atoms with Gasteiger partial charge in [-0.1, -0.05) is 12.8 Å². The molecule has 1 spiro atoms. The van der Waals surface area contributed by atoms with Crippen molar-refractivity contribution < 1.29 is 0 Å². The van der Waals surface area contributed by atoms with E-state index in [1.54, 1.807) is 0 Å². The summed E-state index contributed by atoms with van der Waals surface area (Å²) in [5.41, 5.74) is 0.795. The topological polar surface area (TPSA) is 12.0 Å². The van der Waals surface area contributed by atoms with E-state index in [0.29, 0.717) is 0 Å². The molecule has 1 nitrogen and oxygen atoms in total. The van der Waals surface area contributed by atoms with Crippen LogP contribution in [-0.4, -0.2) is 13.1 Å². The Labute approximate surface area is 81.7 Å². The average Bonchev–Trinajstić information content (AvgIpc) is 2.32. The minimum absolute atomic E-state index is 0. The van der Waals surface area contributed by atoms with E-state index in [9.17, 15) is 0 Å². The highest BCUT2D eigenvalue weighted by atomic mass is 35.5. The molecule has 2 rings (SSSR count). The number of halogens is 1. The Morgan fingerprint density at radius 3 is 2.17 bits per heavy atom. The van der Waals surface area contributed by atoms with Crippen LogP contribution in [0.25, 0.3) is 0 Å². The largest absolute Gasteiger partial charge is 0.317 e. The van der Waals surface area contributed by atoms with E-state index in [-0.39, 0.29) is 12.4 Å². The molecule has 0 atom stereocenters. The fourth-order valence-electron chi connectivity index (χ4n) is 2.82. The molecule has 0 aromatic carbocycles. The first-order valence-corrected chi connectivity index (χ1v) is 5.12. The Balaban J connectivity index is 0.000000720. The first-order valence-electron chi connectivity index (χ1n) is 5.12. The highest BCUT2D eigenvalue weighted by Crippen LogP contribution is 2.45. The highest BCUT2D eigenvalue weighted by molar-refractivity contribution is 5.85. The van der Waals surface area contributed by atoms with Gasteiger partial charge in [0.1, 0.15) is 0 Å². The summed E-state index contributed by atoms with van der Waals surface area (Å²) >= 11 is 0. The number of hydrogen-bond acceptors (Lipinski definition) is 1. The van der Waals surface area contributed by atoms with Crippen LogP contribution in [0.4, 0.5) is 0 Å². The lowest BCUT2D eigenvalue weighted by Crippen LogP contribution is -2.19. The van der Waals surface area contributed by atoms with Crippen LogP contribution in [0, 0.1) is 5.41 Å². The molecule has 1 aliphatic carbocycles. The maximum atomic E-state index is 3.50. The van der Waals surface area contributed by atoms with Crippen molar-refractivity contribution in [2.45, 2.75) is 44.9 Å². The summed E-state index contributed by atoms with van der Waals surface area (Å²) in [6.07, 6.45) is 10.4. The Bertz CT molecular complexity index is 120. The Hall–Kier alpha value is 0.250. The summed E-state index contributed by atoms with van der Waals surface area (Å²) in [7, 11) is 0. The van der Waals surface area contributed by atoms with Crippen LogP contribution in [0.2, 0.25) is 0 Å². The van der Waals surface area contributed by atoms with Gasteiger partial charge < -0.3 is 5.32 Å². The van der Waals surface area contributed by atoms with E-state index in [4.69, 9.17) is 0 Å². The lowest BCUT2D eigenvalue weighted by molar-refractivity contribution is 0.261. The summed E-state index contributed by atoms with van der Waals surface area (Å²) < 4.78 is 0. The Morgan fingerprint density at radius 1 is 0.750 bits per heavy atom. The second kappa shape index (κ2) is 4.48. The minimum Gasteiger partial charge on any atom is -0.317 e. The van der Waals surface area contributed by atoms with E-state index in [0.717, 1.165) is 5.41 Å². The normalized spacial score (nSPS) is 28.0. The van der Waals surface area contributed by atoms with E-state index < -0.39 is 0 Å². The zero-order chi connectivity index (χ0) is 7.57. The summed E-state index contributed by atoms with van der Waals surface area (Å²) in [6.45, 7) is 2.54. The third-order valence-corrected chi connectivity index (χ3v) is 3.56. The first kappa shape index (κ1) is 10.3. The van der Waals surface area contributed by atoms with Gasteiger partial charge in [-0.25, -0.2) is 0 Å². The van der Waals surface area contributed by atoms with Crippen molar-refractivity contribution in [3.05, 3.63) is 0 Å². The summed E-state index contributed by atoms with van der Waals surface area (Å²) in [4.78, 5) is 0. The first-order chi connectivity index (χ1) is 5.41. The molecule has 1 saturated heterocycles. The van der Waals surface area contributed by atoms with Crippen molar-refractivity contribution in [1.82, 2.24) is 5.32 Å². The van der Waals surface area contributed by atoms with E-state index in [1.165, 1.54) is 58.0 Å². The van der Waals surface area contributed by atoms with Gasteiger partial charge in [0.15, 0.2) is 0 Å². The summed E-state index contributed by atoms with van der Waals surface area (Å²) in [5.74, 6) is 0. The smallest absolute Gasteiger partial charge is 0.00436 e. The van der Waals surface area contributed by atoms with Gasteiger partial charge in [0, 0.05) is 0 Å². The van der Waals surface area contributed by atoms with Crippen molar-refractivity contribution in [3.8, 4) is 0 Å². The van der Waals surface area contributed by atoms with Crippen LogP contribution in [0.5, 0.6) is 0 Å². The van der Waals surface area contributed by atoms with Gasteiger partial charge in [0.05, 0.1) is 0 Å². The monoisotopic (exact) mass is 189 g/mol. The van der Waals surface area contributed by atoms with Crippen LogP contribution in [0.1, 0.15) is 44.9 Å². The second-order valence-corrected chi connectivity index (χ2v) is 4.31. The quantitative estimate of drug-likeness (QED) is 0.618. The molecule has 2 heteroatoms. The minimum atomic E-state index is 0. The maximum absolute atomic E-state index is 3.50. The molecule has 1 saturated carbocycles. The third kappa shape index (κ3) is 2.14. The molecule has 0 aromatic rings. The van der Waals surface area contributed by atoms with Crippen LogP contribution in [-0.2, 0) is 0 Å². The zero-order valence-electron chi connectivity index (χ0n) is 7.77. The van der Waals surface area contributed by atoms with Crippen LogP contribution < -0.4 is 5.32 Å². The van der Waals surface area contributed by atoms with Gasteiger partial charge in [0.25, 0.3) is 0 Å². The molecule has 72 valence electrons. The Kier molecular flexibility index (Phi) is 3.85. The van der Waals surface area contributed by atoms with Crippen molar-refractivity contribution in [2.24, 2.45) is 5.41 Å². The average molecular weight is 190 g/mol. The maximum Gasteiger partial charge on any atom is -0.00436 e. The third-order valence-electron chi connectivity index (χ3n) is 3.56. The molecule has 12 heavy (non-hydrogen) atoms. The molecule has 0 unspecified atom stereocenters. The molecular weight excluding hydrogens is 170 g/mol. The van der Waals surface area contributed by atoms with Crippen molar-refractivity contribution in [1.29, 1.82) is 0 Å². The summed E-state index contributed by atoms with van der Waals surface area (Å²) in [6, 6.07) is 0.